The van der Waals surface area contributed by atoms with Crippen LogP contribution in [0.3, 0.4) is 0 Å². The lowest BCUT2D eigenvalue weighted by Crippen LogP contribution is -2.16. The first-order valence-electron chi connectivity index (χ1n) is 6.62. The van der Waals surface area contributed by atoms with Crippen LogP contribution < -0.4 is 10.2 Å². The molecule has 0 bridgehead atoms. The summed E-state index contributed by atoms with van der Waals surface area (Å²) in [6.45, 7) is 0.359. The Morgan fingerprint density at radius 1 is 1.22 bits per heavy atom. The summed E-state index contributed by atoms with van der Waals surface area (Å²) in [4.78, 5) is 10.9. The molecule has 0 saturated carbocycles. The Bertz CT molecular complexity index is 720. The van der Waals surface area contributed by atoms with Crippen LogP contribution in [-0.4, -0.2) is 19.4 Å². The van der Waals surface area contributed by atoms with Gasteiger partial charge in [-0.05, 0) is 35.4 Å². The molecule has 0 saturated heterocycles. The summed E-state index contributed by atoms with van der Waals surface area (Å²) in [6, 6.07) is 12.6. The van der Waals surface area contributed by atoms with Gasteiger partial charge in [-0.1, -0.05) is 41.4 Å². The molecule has 1 amide bonds. The molecule has 2 aromatic carbocycles. The maximum absolute atomic E-state index is 10.9. The van der Waals surface area contributed by atoms with Crippen LogP contribution in [-0.2, 0) is 11.3 Å². The Kier molecular flexibility index (Phi) is 6.26. The number of halogens is 2. The molecule has 7 heteroatoms. The number of rotatable bonds is 5. The van der Waals surface area contributed by atoms with Crippen molar-refractivity contribution in [1.29, 1.82) is 0 Å². The summed E-state index contributed by atoms with van der Waals surface area (Å²) in [5, 5.41) is 4.75. The highest BCUT2D eigenvalue weighted by Gasteiger charge is 2.01. The van der Waals surface area contributed by atoms with E-state index < -0.39 is 6.09 Å². The molecule has 0 radical (unpaired) electrons. The van der Waals surface area contributed by atoms with Crippen molar-refractivity contribution in [1.82, 2.24) is 5.43 Å². The molecule has 2 rings (SSSR count). The minimum absolute atomic E-state index is 0.359. The first-order valence-corrected chi connectivity index (χ1v) is 7.38. The van der Waals surface area contributed by atoms with Crippen molar-refractivity contribution in [2.24, 2.45) is 5.10 Å². The second-order valence-corrected chi connectivity index (χ2v) is 5.29. The van der Waals surface area contributed by atoms with Crippen LogP contribution in [0.15, 0.2) is 47.6 Å². The fourth-order valence-corrected chi connectivity index (χ4v) is 2.01. The van der Waals surface area contributed by atoms with Gasteiger partial charge >= 0.3 is 6.09 Å². The van der Waals surface area contributed by atoms with Crippen molar-refractivity contribution in [3.63, 3.8) is 0 Å². The van der Waals surface area contributed by atoms with Gasteiger partial charge in [0.25, 0.3) is 0 Å². The normalized spacial score (nSPS) is 10.6. The topological polar surface area (TPSA) is 59.9 Å². The number of methoxy groups -OCH3 is 1. The Morgan fingerprint density at radius 2 is 2.04 bits per heavy atom. The van der Waals surface area contributed by atoms with E-state index in [-0.39, 0.29) is 0 Å². The minimum Gasteiger partial charge on any atom is -0.489 e. The van der Waals surface area contributed by atoms with Crippen molar-refractivity contribution in [2.45, 2.75) is 6.61 Å². The van der Waals surface area contributed by atoms with E-state index in [9.17, 15) is 4.79 Å². The molecule has 0 unspecified atom stereocenters. The molecule has 0 spiro atoms. The maximum atomic E-state index is 10.9. The summed E-state index contributed by atoms with van der Waals surface area (Å²) in [7, 11) is 1.27. The highest BCUT2D eigenvalue weighted by Crippen LogP contribution is 2.23. The van der Waals surface area contributed by atoms with Crippen molar-refractivity contribution < 1.29 is 14.3 Å². The van der Waals surface area contributed by atoms with Gasteiger partial charge in [-0.3, -0.25) is 0 Å². The highest BCUT2D eigenvalue weighted by molar-refractivity contribution is 6.42. The number of carbonyl (C=O) groups is 1. The Balaban J connectivity index is 1.96. The molecule has 0 fully saturated rings. The molecule has 120 valence electrons. The van der Waals surface area contributed by atoms with Gasteiger partial charge in [0.2, 0.25) is 0 Å². The number of nitrogens with one attached hydrogen (secondary N) is 1. The van der Waals surface area contributed by atoms with Gasteiger partial charge in [0, 0.05) is 0 Å². The standard InChI is InChI=1S/C16H14Cl2N2O3/c1-22-16(21)20-19-9-11-3-2-4-13(7-11)23-10-12-5-6-14(17)15(18)8-12/h2-9H,10H2,1H3,(H,20,21)/b19-9-. The highest BCUT2D eigenvalue weighted by atomic mass is 35.5. The molecule has 0 heterocycles. The molecular weight excluding hydrogens is 339 g/mol. The summed E-state index contributed by atoms with van der Waals surface area (Å²) < 4.78 is 10.1. The number of nitrogens with zero attached hydrogens (tertiary/aromatic N) is 1. The SMILES string of the molecule is COC(=O)N/N=C\c1cccc(OCc2ccc(Cl)c(Cl)c2)c1. The van der Waals surface area contributed by atoms with Gasteiger partial charge in [0.15, 0.2) is 0 Å². The minimum atomic E-state index is -0.631. The molecule has 0 aromatic heterocycles. The van der Waals surface area contributed by atoms with Crippen molar-refractivity contribution >= 4 is 35.5 Å². The summed E-state index contributed by atoms with van der Waals surface area (Å²) in [5.41, 5.74) is 3.89. The van der Waals surface area contributed by atoms with Crippen molar-refractivity contribution in [3.05, 3.63) is 63.6 Å². The number of amides is 1. The van der Waals surface area contributed by atoms with Crippen LogP contribution in [0, 0.1) is 0 Å². The van der Waals surface area contributed by atoms with Gasteiger partial charge in [0.05, 0.1) is 23.4 Å². The monoisotopic (exact) mass is 352 g/mol. The molecule has 0 atom stereocenters. The second kappa shape index (κ2) is 8.41. The van der Waals surface area contributed by atoms with Gasteiger partial charge in [-0.25, -0.2) is 10.2 Å². The third-order valence-corrected chi connectivity index (χ3v) is 3.54. The van der Waals surface area contributed by atoms with Gasteiger partial charge in [-0.15, -0.1) is 0 Å². The Morgan fingerprint density at radius 3 is 2.78 bits per heavy atom. The molecular formula is C16H14Cl2N2O3. The molecule has 1 N–H and O–H groups in total. The van der Waals surface area contributed by atoms with E-state index in [0.29, 0.717) is 22.4 Å². The number of ether oxygens (including phenoxy) is 2. The average Bonchev–Trinajstić information content (AvgIpc) is 2.56. The summed E-state index contributed by atoms with van der Waals surface area (Å²) in [6.07, 6.45) is 0.858. The van der Waals surface area contributed by atoms with E-state index in [0.717, 1.165) is 11.1 Å². The molecule has 5 nitrogen and oxygen atoms in total. The van der Waals surface area contributed by atoms with Crippen LogP contribution in [0.4, 0.5) is 4.79 Å². The number of hydrogen-bond acceptors (Lipinski definition) is 4. The lowest BCUT2D eigenvalue weighted by molar-refractivity contribution is 0.171. The predicted octanol–water partition coefficient (Wildman–Crippen LogP) is 4.26. The first kappa shape index (κ1) is 17.1. The third kappa shape index (κ3) is 5.47. The van der Waals surface area contributed by atoms with E-state index in [2.05, 4.69) is 15.3 Å². The van der Waals surface area contributed by atoms with E-state index >= 15 is 0 Å². The number of hydrogen-bond donors (Lipinski definition) is 1. The fourth-order valence-electron chi connectivity index (χ4n) is 1.69. The zero-order valence-corrected chi connectivity index (χ0v) is 13.8. The van der Waals surface area contributed by atoms with Gasteiger partial charge < -0.3 is 9.47 Å². The van der Waals surface area contributed by atoms with E-state index in [1.54, 1.807) is 18.2 Å². The number of carbonyl (C=O) groups excluding carboxylic acids is 1. The summed E-state index contributed by atoms with van der Waals surface area (Å²) >= 11 is 11.8. The zero-order chi connectivity index (χ0) is 16.7. The molecule has 0 aliphatic heterocycles. The van der Waals surface area contributed by atoms with Crippen LogP contribution >= 0.6 is 23.2 Å². The van der Waals surface area contributed by atoms with Gasteiger partial charge in [-0.2, -0.15) is 5.10 Å². The van der Waals surface area contributed by atoms with Crippen LogP contribution in [0.1, 0.15) is 11.1 Å². The Hall–Kier alpha value is -2.24. The zero-order valence-electron chi connectivity index (χ0n) is 12.3. The molecule has 0 aliphatic rings. The molecule has 2 aromatic rings. The molecule has 23 heavy (non-hydrogen) atoms. The second-order valence-electron chi connectivity index (χ2n) is 4.47. The maximum Gasteiger partial charge on any atom is 0.427 e. The number of hydrazone groups is 1. The largest absolute Gasteiger partial charge is 0.489 e. The number of benzene rings is 2. The predicted molar refractivity (Wildman–Crippen MR) is 90.4 cm³/mol. The first-order chi connectivity index (χ1) is 11.1. The van der Waals surface area contributed by atoms with Crippen molar-refractivity contribution in [2.75, 3.05) is 7.11 Å². The summed E-state index contributed by atoms with van der Waals surface area (Å²) in [5.74, 6) is 0.665. The van der Waals surface area contributed by atoms with Crippen LogP contribution in [0.25, 0.3) is 0 Å². The quantitative estimate of drug-likeness (QED) is 0.645. The smallest absolute Gasteiger partial charge is 0.427 e. The van der Waals surface area contributed by atoms with E-state index in [4.69, 9.17) is 27.9 Å². The average molecular weight is 353 g/mol. The van der Waals surface area contributed by atoms with Crippen LogP contribution in [0.2, 0.25) is 10.0 Å². The van der Waals surface area contributed by atoms with Crippen LogP contribution in [0.5, 0.6) is 5.75 Å². The van der Waals surface area contributed by atoms with E-state index in [1.807, 2.05) is 24.3 Å². The fraction of sp³-hybridized carbons (Fsp3) is 0.125. The van der Waals surface area contributed by atoms with Crippen molar-refractivity contribution in [3.8, 4) is 5.75 Å². The lowest BCUT2D eigenvalue weighted by atomic mass is 10.2. The third-order valence-electron chi connectivity index (χ3n) is 2.80. The lowest BCUT2D eigenvalue weighted by Gasteiger charge is -2.07. The Labute approximate surface area is 143 Å². The van der Waals surface area contributed by atoms with E-state index in [1.165, 1.54) is 13.3 Å². The van der Waals surface area contributed by atoms with Gasteiger partial charge in [0.1, 0.15) is 12.4 Å². The molecule has 0 aliphatic carbocycles.